The van der Waals surface area contributed by atoms with Crippen LogP contribution in [0.1, 0.15) is 51.8 Å². The lowest BCUT2D eigenvalue weighted by Crippen LogP contribution is -2.39. The first kappa shape index (κ1) is 16.5. The number of piperidine rings is 1. The molecule has 2 aromatic rings. The third-order valence-corrected chi connectivity index (χ3v) is 6.19. The van der Waals surface area contributed by atoms with E-state index in [1.807, 2.05) is 24.0 Å². The summed E-state index contributed by atoms with van der Waals surface area (Å²) in [7, 11) is 0. The largest absolute Gasteiger partial charge is 0.338 e. The van der Waals surface area contributed by atoms with Crippen LogP contribution in [0.25, 0.3) is 0 Å². The second-order valence-corrected chi connectivity index (χ2v) is 8.51. The van der Waals surface area contributed by atoms with E-state index in [1.165, 1.54) is 4.88 Å². The Bertz CT molecular complexity index is 829. The smallest absolute Gasteiger partial charge is 0.263 e. The van der Waals surface area contributed by atoms with Crippen LogP contribution in [0.4, 0.5) is 0 Å². The van der Waals surface area contributed by atoms with Gasteiger partial charge in [-0.15, -0.1) is 11.3 Å². The maximum absolute atomic E-state index is 12.5. The van der Waals surface area contributed by atoms with Crippen LogP contribution in [0.2, 0.25) is 0 Å². The molecule has 0 bridgehead atoms. The molecule has 25 heavy (non-hydrogen) atoms. The van der Waals surface area contributed by atoms with Crippen molar-refractivity contribution >= 4 is 17.2 Å². The summed E-state index contributed by atoms with van der Waals surface area (Å²) in [6.45, 7) is 4.26. The molecule has 1 aliphatic carbocycles. The molecular weight excluding hydrogens is 334 g/mol. The first-order valence-corrected chi connectivity index (χ1v) is 9.84. The van der Waals surface area contributed by atoms with E-state index < -0.39 is 0 Å². The molecule has 3 heterocycles. The lowest BCUT2D eigenvalue weighted by atomic mass is 9.96. The van der Waals surface area contributed by atoms with Crippen molar-refractivity contribution in [1.82, 2.24) is 14.5 Å². The number of nitrogens with zero attached hydrogens (tertiary/aromatic N) is 3. The molecule has 0 atom stereocenters. The molecular formula is C19H23N3O2S. The fraction of sp³-hybridized carbons (Fsp3) is 0.526. The van der Waals surface area contributed by atoms with Gasteiger partial charge in [0.05, 0.1) is 16.9 Å². The summed E-state index contributed by atoms with van der Waals surface area (Å²) in [4.78, 5) is 33.2. The highest BCUT2D eigenvalue weighted by Crippen LogP contribution is 2.38. The highest BCUT2D eigenvalue weighted by atomic mass is 32.1. The maximum atomic E-state index is 12.5. The minimum Gasteiger partial charge on any atom is -0.338 e. The van der Waals surface area contributed by atoms with E-state index in [0.717, 1.165) is 49.3 Å². The van der Waals surface area contributed by atoms with E-state index in [1.54, 1.807) is 28.3 Å². The summed E-state index contributed by atoms with van der Waals surface area (Å²) < 4.78 is 1.73. The molecule has 4 rings (SSSR count). The highest BCUT2D eigenvalue weighted by molar-refractivity contribution is 7.13. The lowest BCUT2D eigenvalue weighted by Gasteiger charge is -2.32. The number of amides is 1. The monoisotopic (exact) mass is 357 g/mol. The van der Waals surface area contributed by atoms with Gasteiger partial charge < -0.3 is 4.90 Å². The van der Waals surface area contributed by atoms with E-state index in [2.05, 4.69) is 4.98 Å². The fourth-order valence-electron chi connectivity index (χ4n) is 3.48. The van der Waals surface area contributed by atoms with Crippen LogP contribution in [-0.2, 0) is 6.54 Å². The number of aryl methyl sites for hydroxylation is 1. The Kier molecular flexibility index (Phi) is 4.46. The molecule has 1 aliphatic heterocycles. The number of hydrogen-bond donors (Lipinski definition) is 0. The second kappa shape index (κ2) is 6.75. The van der Waals surface area contributed by atoms with Crippen molar-refractivity contribution in [3.8, 4) is 0 Å². The van der Waals surface area contributed by atoms with Gasteiger partial charge >= 0.3 is 0 Å². The molecule has 1 amide bonds. The molecule has 2 aromatic heterocycles. The van der Waals surface area contributed by atoms with Gasteiger partial charge in [-0.3, -0.25) is 14.2 Å². The predicted molar refractivity (Wildman–Crippen MR) is 98.2 cm³/mol. The zero-order valence-corrected chi connectivity index (χ0v) is 15.3. The Morgan fingerprint density at radius 3 is 2.60 bits per heavy atom. The lowest BCUT2D eigenvalue weighted by molar-refractivity contribution is 0.0687. The Hall–Kier alpha value is -1.95. The fourth-order valence-corrected chi connectivity index (χ4v) is 4.32. The minimum absolute atomic E-state index is 0.0597. The summed E-state index contributed by atoms with van der Waals surface area (Å²) >= 11 is 1.56. The average molecular weight is 357 g/mol. The van der Waals surface area contributed by atoms with Gasteiger partial charge in [-0.25, -0.2) is 4.98 Å². The molecule has 2 fully saturated rings. The molecule has 2 aliphatic rings. The molecule has 0 unspecified atom stereocenters. The summed E-state index contributed by atoms with van der Waals surface area (Å²) in [6.07, 6.45) is 5.90. The summed E-state index contributed by atoms with van der Waals surface area (Å²) in [5.41, 5.74) is 1.01. The van der Waals surface area contributed by atoms with Gasteiger partial charge in [-0.2, -0.15) is 0 Å². The van der Waals surface area contributed by atoms with Gasteiger partial charge in [0.25, 0.3) is 11.5 Å². The number of thiophene rings is 1. The first-order valence-electron chi connectivity index (χ1n) is 9.02. The van der Waals surface area contributed by atoms with Gasteiger partial charge in [0, 0.05) is 36.5 Å². The molecule has 1 saturated heterocycles. The molecule has 132 valence electrons. The predicted octanol–water partition coefficient (Wildman–Crippen LogP) is 3.04. The zero-order chi connectivity index (χ0) is 17.4. The molecule has 6 heteroatoms. The van der Waals surface area contributed by atoms with Crippen molar-refractivity contribution in [2.24, 2.45) is 5.92 Å². The van der Waals surface area contributed by atoms with Crippen LogP contribution in [0.5, 0.6) is 0 Å². The molecule has 0 N–H and O–H groups in total. The zero-order valence-electron chi connectivity index (χ0n) is 14.5. The van der Waals surface area contributed by atoms with E-state index in [0.29, 0.717) is 18.4 Å². The second-order valence-electron chi connectivity index (χ2n) is 7.22. The standard InChI is InChI=1S/C19H23N3O2S/c1-13-2-5-17(25-13)19(24)21-8-6-14(7-9-21)11-22-12-20-16(10-18(22)23)15-3-4-15/h2,5,10,12,14-15H,3-4,6-9,11H2,1H3. The summed E-state index contributed by atoms with van der Waals surface area (Å²) in [5.74, 6) is 1.09. The number of carbonyl (C=O) groups excluding carboxylic acids is 1. The maximum Gasteiger partial charge on any atom is 0.263 e. The topological polar surface area (TPSA) is 55.2 Å². The van der Waals surface area contributed by atoms with Gasteiger partial charge in [-0.05, 0) is 50.7 Å². The molecule has 0 spiro atoms. The quantitative estimate of drug-likeness (QED) is 0.845. The molecule has 0 aromatic carbocycles. The number of aromatic nitrogens is 2. The van der Waals surface area contributed by atoms with Crippen LogP contribution in [0.15, 0.2) is 29.3 Å². The van der Waals surface area contributed by atoms with Crippen LogP contribution in [0.3, 0.4) is 0 Å². The Balaban J connectivity index is 1.34. The van der Waals surface area contributed by atoms with Crippen molar-refractivity contribution in [2.75, 3.05) is 13.1 Å². The number of hydrogen-bond acceptors (Lipinski definition) is 4. The molecule has 5 nitrogen and oxygen atoms in total. The van der Waals surface area contributed by atoms with E-state index in [4.69, 9.17) is 0 Å². The van der Waals surface area contributed by atoms with Gasteiger partial charge in [0.1, 0.15) is 0 Å². The van der Waals surface area contributed by atoms with E-state index >= 15 is 0 Å². The van der Waals surface area contributed by atoms with Gasteiger partial charge in [-0.1, -0.05) is 0 Å². The third-order valence-electron chi connectivity index (χ3n) is 5.20. The first-order chi connectivity index (χ1) is 12.1. The number of carbonyl (C=O) groups is 1. The number of rotatable bonds is 4. The van der Waals surface area contributed by atoms with Crippen molar-refractivity contribution in [2.45, 2.75) is 45.1 Å². The Morgan fingerprint density at radius 1 is 1.24 bits per heavy atom. The minimum atomic E-state index is 0.0597. The van der Waals surface area contributed by atoms with Gasteiger partial charge in [0.15, 0.2) is 0 Å². The normalized spacial score (nSPS) is 18.5. The highest BCUT2D eigenvalue weighted by Gasteiger charge is 2.27. The van der Waals surface area contributed by atoms with Gasteiger partial charge in [0.2, 0.25) is 0 Å². The third kappa shape index (κ3) is 3.68. The van der Waals surface area contributed by atoms with Crippen molar-refractivity contribution in [1.29, 1.82) is 0 Å². The average Bonchev–Trinajstić information content (AvgIpc) is 3.38. The van der Waals surface area contributed by atoms with Crippen molar-refractivity contribution in [3.05, 3.63) is 50.3 Å². The van der Waals surface area contributed by atoms with E-state index in [-0.39, 0.29) is 11.5 Å². The summed E-state index contributed by atoms with van der Waals surface area (Å²) in [5, 5.41) is 0. The van der Waals surface area contributed by atoms with Crippen LogP contribution in [-0.4, -0.2) is 33.4 Å². The van der Waals surface area contributed by atoms with E-state index in [9.17, 15) is 9.59 Å². The summed E-state index contributed by atoms with van der Waals surface area (Å²) in [6, 6.07) is 5.62. The molecule has 1 saturated carbocycles. The van der Waals surface area contributed by atoms with Crippen LogP contribution in [0, 0.1) is 12.8 Å². The van der Waals surface area contributed by atoms with Crippen LogP contribution >= 0.6 is 11.3 Å². The SMILES string of the molecule is Cc1ccc(C(=O)N2CCC(Cn3cnc(C4CC4)cc3=O)CC2)s1. The number of likely N-dealkylation sites (tertiary alicyclic amines) is 1. The van der Waals surface area contributed by atoms with Crippen molar-refractivity contribution in [3.63, 3.8) is 0 Å². The van der Waals surface area contributed by atoms with Crippen LogP contribution < -0.4 is 5.56 Å². The Labute approximate surface area is 151 Å². The Morgan fingerprint density at radius 2 is 2.00 bits per heavy atom. The molecule has 0 radical (unpaired) electrons. The van der Waals surface area contributed by atoms with Crippen molar-refractivity contribution < 1.29 is 4.79 Å².